The summed E-state index contributed by atoms with van der Waals surface area (Å²) >= 11 is 1.69. The summed E-state index contributed by atoms with van der Waals surface area (Å²) in [4.78, 5) is 7.72. The Kier molecular flexibility index (Phi) is 8.09. The summed E-state index contributed by atoms with van der Waals surface area (Å²) in [5, 5.41) is 5.53. The van der Waals surface area contributed by atoms with Gasteiger partial charge in [-0.2, -0.15) is 0 Å². The molecule has 4 nitrogen and oxygen atoms in total. The van der Waals surface area contributed by atoms with Gasteiger partial charge in [0, 0.05) is 13.6 Å². The molecule has 0 aliphatic carbocycles. The third-order valence-electron chi connectivity index (χ3n) is 3.54. The fraction of sp³-hybridized carbons (Fsp3) is 0.353. The molecule has 0 saturated heterocycles. The lowest BCUT2D eigenvalue weighted by Crippen LogP contribution is -2.34. The minimum Gasteiger partial charge on any atom is -0.497 e. The molecule has 0 fully saturated rings. The standard InChI is InChI=1S/C17H23N3OS.ClH/c1-18-17(16-9-6-10-22-16)19-12-15(20(2)3)13-7-5-8-14(11-13)21-4;/h5-11,15H,12H2,1-4H3,(H,18,19);1H. The number of nitrogens with zero attached hydrogens (tertiary/aromatic N) is 2. The number of ether oxygens (including phenoxy) is 1. The molecule has 6 heteroatoms. The molecule has 0 bridgehead atoms. The highest BCUT2D eigenvalue weighted by Gasteiger charge is 2.16. The summed E-state index contributed by atoms with van der Waals surface area (Å²) in [6.45, 7) is 0.782. The SMILES string of the molecule is CN=C(NCC(c1cccc(OC)c1)N(C)C)c1cccs1.Cl. The Hall–Kier alpha value is -1.56. The van der Waals surface area contributed by atoms with E-state index < -0.39 is 0 Å². The van der Waals surface area contributed by atoms with E-state index in [0.717, 1.165) is 23.0 Å². The summed E-state index contributed by atoms with van der Waals surface area (Å²) in [6, 6.07) is 12.6. The van der Waals surface area contributed by atoms with Crippen LogP contribution in [0.15, 0.2) is 46.8 Å². The van der Waals surface area contributed by atoms with Gasteiger partial charge >= 0.3 is 0 Å². The average Bonchev–Trinajstić information content (AvgIpc) is 3.05. The molecule has 0 spiro atoms. The highest BCUT2D eigenvalue weighted by atomic mass is 35.5. The van der Waals surface area contributed by atoms with Crippen LogP contribution in [0.1, 0.15) is 16.5 Å². The second-order valence-corrected chi connectivity index (χ2v) is 6.13. The number of thiophene rings is 1. The van der Waals surface area contributed by atoms with E-state index in [1.807, 2.05) is 25.2 Å². The zero-order valence-corrected chi connectivity index (χ0v) is 15.6. The second kappa shape index (κ2) is 9.55. The molecule has 1 N–H and O–H groups in total. The van der Waals surface area contributed by atoms with Crippen molar-refractivity contribution in [1.29, 1.82) is 0 Å². The molecule has 0 aliphatic heterocycles. The van der Waals surface area contributed by atoms with Crippen LogP contribution in [0.3, 0.4) is 0 Å². The molecular weight excluding hydrogens is 330 g/mol. The van der Waals surface area contributed by atoms with Gasteiger partial charge in [0.25, 0.3) is 0 Å². The summed E-state index contributed by atoms with van der Waals surface area (Å²) in [5.41, 5.74) is 1.22. The Morgan fingerprint density at radius 2 is 2.09 bits per heavy atom. The predicted molar refractivity (Wildman–Crippen MR) is 101 cm³/mol. The number of nitrogens with one attached hydrogen (secondary N) is 1. The van der Waals surface area contributed by atoms with E-state index in [0.29, 0.717) is 0 Å². The van der Waals surface area contributed by atoms with Crippen molar-refractivity contribution >= 4 is 29.6 Å². The van der Waals surface area contributed by atoms with Crippen molar-refractivity contribution in [3.63, 3.8) is 0 Å². The van der Waals surface area contributed by atoms with Crippen LogP contribution in [0, 0.1) is 0 Å². The van der Waals surface area contributed by atoms with E-state index in [2.05, 4.69) is 52.9 Å². The number of methoxy groups -OCH3 is 1. The van der Waals surface area contributed by atoms with Crippen LogP contribution in [0.4, 0.5) is 0 Å². The lowest BCUT2D eigenvalue weighted by Gasteiger charge is -2.26. The number of likely N-dealkylation sites (N-methyl/N-ethyl adjacent to an activating group) is 1. The van der Waals surface area contributed by atoms with Crippen LogP contribution in [-0.4, -0.2) is 45.5 Å². The molecule has 0 radical (unpaired) electrons. The Labute approximate surface area is 148 Å². The van der Waals surface area contributed by atoms with Crippen LogP contribution >= 0.6 is 23.7 Å². The number of aliphatic imine (C=N–C) groups is 1. The molecule has 23 heavy (non-hydrogen) atoms. The zero-order chi connectivity index (χ0) is 15.9. The molecule has 1 aromatic heterocycles. The maximum atomic E-state index is 5.33. The third-order valence-corrected chi connectivity index (χ3v) is 4.42. The number of benzene rings is 1. The molecule has 1 aromatic carbocycles. The van der Waals surface area contributed by atoms with Gasteiger partial charge in [-0.05, 0) is 43.2 Å². The van der Waals surface area contributed by atoms with Crippen molar-refractivity contribution in [2.24, 2.45) is 4.99 Å². The van der Waals surface area contributed by atoms with Crippen LogP contribution in [-0.2, 0) is 0 Å². The lowest BCUT2D eigenvalue weighted by molar-refractivity contribution is 0.298. The van der Waals surface area contributed by atoms with E-state index in [4.69, 9.17) is 4.74 Å². The number of hydrogen-bond donors (Lipinski definition) is 1. The van der Waals surface area contributed by atoms with Gasteiger partial charge in [-0.1, -0.05) is 18.2 Å². The predicted octanol–water partition coefficient (Wildman–Crippen LogP) is 3.45. The molecule has 1 heterocycles. The lowest BCUT2D eigenvalue weighted by atomic mass is 10.1. The van der Waals surface area contributed by atoms with E-state index in [1.54, 1.807) is 18.4 Å². The number of halogens is 1. The number of rotatable bonds is 6. The minimum absolute atomic E-state index is 0. The van der Waals surface area contributed by atoms with Crippen molar-refractivity contribution in [3.8, 4) is 5.75 Å². The van der Waals surface area contributed by atoms with Crippen LogP contribution < -0.4 is 10.1 Å². The van der Waals surface area contributed by atoms with Gasteiger partial charge in [0.2, 0.25) is 0 Å². The summed E-state index contributed by atoms with van der Waals surface area (Å²) in [5.74, 6) is 1.82. The average molecular weight is 354 g/mol. The molecule has 0 amide bonds. The van der Waals surface area contributed by atoms with Crippen LogP contribution in [0.5, 0.6) is 5.75 Å². The van der Waals surface area contributed by atoms with Gasteiger partial charge < -0.3 is 15.0 Å². The Morgan fingerprint density at radius 3 is 2.65 bits per heavy atom. The van der Waals surface area contributed by atoms with Crippen molar-refractivity contribution < 1.29 is 4.74 Å². The molecule has 1 unspecified atom stereocenters. The maximum Gasteiger partial charge on any atom is 0.138 e. The van der Waals surface area contributed by atoms with E-state index >= 15 is 0 Å². The van der Waals surface area contributed by atoms with Crippen LogP contribution in [0.2, 0.25) is 0 Å². The van der Waals surface area contributed by atoms with Gasteiger partial charge in [0.15, 0.2) is 0 Å². The van der Waals surface area contributed by atoms with Crippen molar-refractivity contribution in [2.45, 2.75) is 6.04 Å². The Morgan fingerprint density at radius 1 is 1.30 bits per heavy atom. The highest BCUT2D eigenvalue weighted by molar-refractivity contribution is 7.12. The van der Waals surface area contributed by atoms with Gasteiger partial charge in [-0.25, -0.2) is 0 Å². The van der Waals surface area contributed by atoms with Gasteiger partial charge in [0.05, 0.1) is 18.0 Å². The Balaban J connectivity index is 0.00000264. The van der Waals surface area contributed by atoms with Gasteiger partial charge in [-0.15, -0.1) is 23.7 Å². The second-order valence-electron chi connectivity index (χ2n) is 5.19. The van der Waals surface area contributed by atoms with E-state index in [-0.39, 0.29) is 18.4 Å². The van der Waals surface area contributed by atoms with Crippen molar-refractivity contribution in [3.05, 3.63) is 52.2 Å². The molecule has 2 rings (SSSR count). The monoisotopic (exact) mass is 353 g/mol. The first-order valence-electron chi connectivity index (χ1n) is 7.20. The van der Waals surface area contributed by atoms with Gasteiger partial charge in [-0.3, -0.25) is 4.99 Å². The van der Waals surface area contributed by atoms with Crippen LogP contribution in [0.25, 0.3) is 0 Å². The molecule has 0 saturated carbocycles. The molecule has 2 aromatic rings. The molecule has 0 aliphatic rings. The highest BCUT2D eigenvalue weighted by Crippen LogP contribution is 2.22. The Bertz CT molecular complexity index is 614. The normalized spacial score (nSPS) is 12.7. The topological polar surface area (TPSA) is 36.9 Å². The van der Waals surface area contributed by atoms with Crippen molar-refractivity contribution in [2.75, 3.05) is 34.8 Å². The molecule has 126 valence electrons. The first-order valence-corrected chi connectivity index (χ1v) is 8.08. The minimum atomic E-state index is 0. The third kappa shape index (κ3) is 5.23. The summed E-state index contributed by atoms with van der Waals surface area (Å²) < 4.78 is 5.33. The first kappa shape index (κ1) is 19.5. The summed E-state index contributed by atoms with van der Waals surface area (Å²) in [7, 11) is 7.68. The van der Waals surface area contributed by atoms with E-state index in [9.17, 15) is 0 Å². The van der Waals surface area contributed by atoms with Gasteiger partial charge in [0.1, 0.15) is 11.6 Å². The zero-order valence-electron chi connectivity index (χ0n) is 13.9. The maximum absolute atomic E-state index is 5.33. The van der Waals surface area contributed by atoms with E-state index in [1.165, 1.54) is 5.56 Å². The smallest absolute Gasteiger partial charge is 0.138 e. The largest absolute Gasteiger partial charge is 0.497 e. The first-order chi connectivity index (χ1) is 10.7. The van der Waals surface area contributed by atoms with Crippen molar-refractivity contribution in [1.82, 2.24) is 10.2 Å². The molecule has 1 atom stereocenters. The fourth-order valence-corrected chi connectivity index (χ4v) is 3.07. The fourth-order valence-electron chi connectivity index (χ4n) is 2.33. The molecular formula is C17H24ClN3OS. The summed E-state index contributed by atoms with van der Waals surface area (Å²) in [6.07, 6.45) is 0. The number of amidine groups is 1. The quantitative estimate of drug-likeness (QED) is 0.638. The number of hydrogen-bond acceptors (Lipinski definition) is 4.